The lowest BCUT2D eigenvalue weighted by Gasteiger charge is -2.59. The highest BCUT2D eigenvalue weighted by Crippen LogP contribution is 2.63. The predicted octanol–water partition coefficient (Wildman–Crippen LogP) is 3.41. The third-order valence-electron chi connectivity index (χ3n) is 7.60. The average molecular weight is 342 g/mol. The smallest absolute Gasteiger partial charge is 0.306 e. The number of hydrogen-bond acceptors (Lipinski definition) is 4. The third kappa shape index (κ3) is 2.29. The number of esters is 1. The number of rotatable bonds is 1. The van der Waals surface area contributed by atoms with Crippen molar-refractivity contribution in [2.75, 3.05) is 0 Å². The molecule has 0 aromatic carbocycles. The summed E-state index contributed by atoms with van der Waals surface area (Å²) in [5.41, 5.74) is 0.893. The summed E-state index contributed by atoms with van der Waals surface area (Å²) in [5.74, 6) is 0.825. The van der Waals surface area contributed by atoms with Crippen molar-refractivity contribution in [3.63, 3.8) is 0 Å². The van der Waals surface area contributed by atoms with Gasteiger partial charge in [0.15, 0.2) is 17.7 Å². The molecule has 0 bridgehead atoms. The van der Waals surface area contributed by atoms with Gasteiger partial charge in [-0.1, -0.05) is 25.5 Å². The topological polar surface area (TPSA) is 60.4 Å². The molecule has 0 aromatic rings. The van der Waals surface area contributed by atoms with E-state index in [4.69, 9.17) is 4.74 Å². The molecular weight excluding hydrogens is 316 g/mol. The van der Waals surface area contributed by atoms with Gasteiger partial charge in [0.1, 0.15) is 0 Å². The number of cyclic esters (lactones) is 1. The molecule has 6 atom stereocenters. The van der Waals surface area contributed by atoms with Crippen molar-refractivity contribution in [2.24, 2.45) is 28.6 Å². The molecule has 25 heavy (non-hydrogen) atoms. The highest BCUT2D eigenvalue weighted by Gasteiger charge is 2.60. The summed E-state index contributed by atoms with van der Waals surface area (Å²) in [6.07, 6.45) is 9.21. The van der Waals surface area contributed by atoms with Crippen molar-refractivity contribution < 1.29 is 19.1 Å². The van der Waals surface area contributed by atoms with Crippen LogP contribution >= 0.6 is 0 Å². The molecule has 134 valence electrons. The molecule has 0 aromatic heterocycles. The molecule has 0 N–H and O–H groups in total. The first-order chi connectivity index (χ1) is 11.8. The first-order valence-corrected chi connectivity index (χ1v) is 9.40. The normalized spacial score (nSPS) is 45.6. The minimum absolute atomic E-state index is 0.0373. The molecule has 3 aliphatic carbocycles. The van der Waals surface area contributed by atoms with E-state index in [2.05, 4.69) is 19.9 Å². The Labute approximate surface area is 148 Å². The molecule has 1 saturated heterocycles. The van der Waals surface area contributed by atoms with Crippen molar-refractivity contribution in [3.05, 3.63) is 23.8 Å². The van der Waals surface area contributed by atoms with Gasteiger partial charge < -0.3 is 4.74 Å². The highest BCUT2D eigenvalue weighted by atomic mass is 16.5. The van der Waals surface area contributed by atoms with E-state index in [-0.39, 0.29) is 34.3 Å². The average Bonchev–Trinajstić information content (AvgIpc) is 2.55. The molecule has 2 saturated carbocycles. The summed E-state index contributed by atoms with van der Waals surface area (Å²) in [7, 11) is 0. The van der Waals surface area contributed by atoms with Crippen LogP contribution in [0.4, 0.5) is 0 Å². The lowest BCUT2D eigenvalue weighted by Crippen LogP contribution is -2.59. The number of carbonyl (C=O) groups excluding carboxylic acids is 3. The fourth-order valence-electron chi connectivity index (χ4n) is 6.30. The Morgan fingerprint density at radius 3 is 2.68 bits per heavy atom. The fourth-order valence-corrected chi connectivity index (χ4v) is 6.30. The van der Waals surface area contributed by atoms with Gasteiger partial charge in [0, 0.05) is 17.3 Å². The van der Waals surface area contributed by atoms with Gasteiger partial charge in [0.25, 0.3) is 0 Å². The van der Waals surface area contributed by atoms with Crippen LogP contribution in [-0.4, -0.2) is 23.6 Å². The lowest BCUT2D eigenvalue weighted by atomic mass is 9.46. The quantitative estimate of drug-likeness (QED) is 0.685. The minimum Gasteiger partial charge on any atom is -0.454 e. The largest absolute Gasteiger partial charge is 0.454 e. The van der Waals surface area contributed by atoms with Gasteiger partial charge in [0.2, 0.25) is 0 Å². The van der Waals surface area contributed by atoms with Crippen LogP contribution in [0.25, 0.3) is 0 Å². The number of carbonyl (C=O) groups is 3. The fraction of sp³-hybridized carbons (Fsp3) is 0.667. The molecule has 0 radical (unpaired) electrons. The van der Waals surface area contributed by atoms with E-state index in [0.717, 1.165) is 25.7 Å². The van der Waals surface area contributed by atoms with Gasteiger partial charge in [-0.15, -0.1) is 0 Å². The molecule has 1 aliphatic heterocycles. The number of ether oxygens (including phenoxy) is 1. The Morgan fingerprint density at radius 1 is 1.20 bits per heavy atom. The van der Waals surface area contributed by atoms with Gasteiger partial charge in [-0.2, -0.15) is 0 Å². The summed E-state index contributed by atoms with van der Waals surface area (Å²) in [6.45, 7) is 5.92. The first kappa shape index (κ1) is 16.7. The molecule has 4 heteroatoms. The SMILES string of the molecule is CC(=O)[C@@H]1OC(=O)C[C@@H]2[C@@H]3CCC4=CC(=O)C=C[C@]4(C)[C@H]3CC[C@]21C. The minimum atomic E-state index is -0.604. The van der Waals surface area contributed by atoms with E-state index >= 15 is 0 Å². The second-order valence-corrected chi connectivity index (χ2v) is 8.83. The van der Waals surface area contributed by atoms with Crippen LogP contribution in [0.1, 0.15) is 52.9 Å². The van der Waals surface area contributed by atoms with Crippen LogP contribution in [0.3, 0.4) is 0 Å². The maximum atomic E-state index is 12.2. The number of ketones is 2. The summed E-state index contributed by atoms with van der Waals surface area (Å²) < 4.78 is 5.49. The second kappa shape index (κ2) is 5.39. The van der Waals surface area contributed by atoms with Crippen molar-refractivity contribution in [1.82, 2.24) is 0 Å². The van der Waals surface area contributed by atoms with Crippen LogP contribution < -0.4 is 0 Å². The molecule has 0 spiro atoms. The Bertz CT molecular complexity index is 717. The Kier molecular flexibility index (Phi) is 3.61. The maximum Gasteiger partial charge on any atom is 0.306 e. The predicted molar refractivity (Wildman–Crippen MR) is 92.6 cm³/mol. The Balaban J connectivity index is 1.72. The summed E-state index contributed by atoms with van der Waals surface area (Å²) in [4.78, 5) is 36.2. The van der Waals surface area contributed by atoms with Crippen LogP contribution in [0.2, 0.25) is 0 Å². The maximum absolute atomic E-state index is 12.2. The Morgan fingerprint density at radius 2 is 1.96 bits per heavy atom. The number of hydrogen-bond donors (Lipinski definition) is 0. The van der Waals surface area contributed by atoms with Gasteiger partial charge in [-0.25, -0.2) is 0 Å². The van der Waals surface area contributed by atoms with Crippen molar-refractivity contribution in [3.8, 4) is 0 Å². The van der Waals surface area contributed by atoms with Gasteiger partial charge in [-0.05, 0) is 62.5 Å². The van der Waals surface area contributed by atoms with E-state index in [9.17, 15) is 14.4 Å². The molecule has 0 amide bonds. The van der Waals surface area contributed by atoms with Crippen LogP contribution in [0, 0.1) is 28.6 Å². The molecule has 1 heterocycles. The zero-order valence-corrected chi connectivity index (χ0v) is 15.2. The van der Waals surface area contributed by atoms with E-state index in [1.165, 1.54) is 12.5 Å². The summed E-state index contributed by atoms with van der Waals surface area (Å²) in [5, 5.41) is 0. The Hall–Kier alpha value is -1.71. The molecular formula is C21H26O4. The van der Waals surface area contributed by atoms with E-state index in [1.54, 1.807) is 6.08 Å². The van der Waals surface area contributed by atoms with Crippen molar-refractivity contribution in [2.45, 2.75) is 59.0 Å². The summed E-state index contributed by atoms with van der Waals surface area (Å²) >= 11 is 0. The highest BCUT2D eigenvalue weighted by molar-refractivity contribution is 6.01. The molecule has 0 unspecified atom stereocenters. The van der Waals surface area contributed by atoms with E-state index in [0.29, 0.717) is 18.3 Å². The molecule has 4 aliphatic rings. The standard InChI is InChI=1S/C21H26O4/c1-12(22)19-21(3)9-7-16-15(17(21)11-18(24)25-19)5-4-13-10-14(23)6-8-20(13,16)2/h6,8,10,15-17,19H,4-5,7,9,11H2,1-3H3/t15-,16+,17-,19+,20+,21-/m1/s1. The molecule has 3 fully saturated rings. The molecule has 4 rings (SSSR count). The third-order valence-corrected chi connectivity index (χ3v) is 7.60. The lowest BCUT2D eigenvalue weighted by molar-refractivity contribution is -0.193. The summed E-state index contributed by atoms with van der Waals surface area (Å²) in [6, 6.07) is 0. The van der Waals surface area contributed by atoms with E-state index in [1.807, 2.05) is 6.08 Å². The van der Waals surface area contributed by atoms with E-state index < -0.39 is 6.10 Å². The van der Waals surface area contributed by atoms with Crippen molar-refractivity contribution in [1.29, 1.82) is 0 Å². The van der Waals surface area contributed by atoms with Crippen LogP contribution in [0.5, 0.6) is 0 Å². The van der Waals surface area contributed by atoms with Gasteiger partial charge in [-0.3, -0.25) is 14.4 Å². The second-order valence-electron chi connectivity index (χ2n) is 8.83. The van der Waals surface area contributed by atoms with Gasteiger partial charge >= 0.3 is 5.97 Å². The monoisotopic (exact) mass is 342 g/mol. The zero-order chi connectivity index (χ0) is 18.0. The van der Waals surface area contributed by atoms with Crippen LogP contribution in [-0.2, 0) is 19.1 Å². The van der Waals surface area contributed by atoms with Crippen molar-refractivity contribution >= 4 is 17.5 Å². The zero-order valence-electron chi connectivity index (χ0n) is 15.2. The molecule has 4 nitrogen and oxygen atoms in total. The number of Topliss-reactive ketones (excluding diaryl/α,β-unsaturated/α-hetero) is 1. The van der Waals surface area contributed by atoms with Crippen LogP contribution in [0.15, 0.2) is 23.8 Å². The number of allylic oxidation sites excluding steroid dienone is 4. The number of fused-ring (bicyclic) bond motifs is 5. The van der Waals surface area contributed by atoms with Gasteiger partial charge in [0.05, 0.1) is 0 Å². The first-order valence-electron chi connectivity index (χ1n) is 9.40.